The summed E-state index contributed by atoms with van der Waals surface area (Å²) in [5.41, 5.74) is 2.17. The van der Waals surface area contributed by atoms with Gasteiger partial charge in [-0.15, -0.1) is 24.0 Å². The topological polar surface area (TPSA) is 54.7 Å². The van der Waals surface area contributed by atoms with Crippen molar-refractivity contribution in [2.24, 2.45) is 4.99 Å². The third-order valence-corrected chi connectivity index (χ3v) is 4.55. The highest BCUT2D eigenvalue weighted by Crippen LogP contribution is 2.14. The normalized spacial score (nSPS) is 15.5. The highest BCUT2D eigenvalue weighted by atomic mass is 127. The molecule has 2 aromatic rings. The van der Waals surface area contributed by atoms with Crippen molar-refractivity contribution in [1.82, 2.24) is 20.0 Å². The second-order valence-corrected chi connectivity index (χ2v) is 6.44. The fourth-order valence-electron chi connectivity index (χ4n) is 3.23. The highest BCUT2D eigenvalue weighted by molar-refractivity contribution is 14.0. The van der Waals surface area contributed by atoms with E-state index in [1.807, 2.05) is 47.4 Å². The molecule has 1 saturated heterocycles. The van der Waals surface area contributed by atoms with Crippen LogP contribution in [0.1, 0.15) is 32.3 Å². The van der Waals surface area contributed by atoms with Crippen LogP contribution in [0.4, 0.5) is 0 Å². The Kier molecular flexibility index (Phi) is 9.06. The predicted octanol–water partition coefficient (Wildman–Crippen LogP) is 3.46. The van der Waals surface area contributed by atoms with Crippen molar-refractivity contribution < 1.29 is 4.74 Å². The summed E-state index contributed by atoms with van der Waals surface area (Å²) in [4.78, 5) is 7.16. The molecule has 0 amide bonds. The number of aliphatic imine (C=N–C) groups is 1. The van der Waals surface area contributed by atoms with Crippen LogP contribution >= 0.6 is 24.0 Å². The van der Waals surface area contributed by atoms with Crippen LogP contribution in [0.5, 0.6) is 0 Å². The summed E-state index contributed by atoms with van der Waals surface area (Å²) in [7, 11) is 0. The maximum Gasteiger partial charge on any atom is 0.194 e. The summed E-state index contributed by atoms with van der Waals surface area (Å²) in [5, 5.41) is 7.87. The molecular weight excluding hydrogens is 453 g/mol. The van der Waals surface area contributed by atoms with E-state index in [1.165, 1.54) is 0 Å². The number of aromatic nitrogens is 2. The van der Waals surface area contributed by atoms with Crippen LogP contribution in [0.2, 0.25) is 0 Å². The van der Waals surface area contributed by atoms with Crippen molar-refractivity contribution in [3.63, 3.8) is 0 Å². The van der Waals surface area contributed by atoms with Gasteiger partial charge >= 0.3 is 0 Å². The zero-order valence-corrected chi connectivity index (χ0v) is 18.5. The standard InChI is InChI=1S/C20H29N5O.HI/c1-3-21-20(24-12-10-19(11-13-24)26-4-2)22-14-17-15-23-25(16-17)18-8-6-5-7-9-18;/h5-9,15-16,19H,3-4,10-14H2,1-2H3,(H,21,22);1H. The van der Waals surface area contributed by atoms with E-state index in [9.17, 15) is 0 Å². The Labute approximate surface area is 179 Å². The molecule has 6 nitrogen and oxygen atoms in total. The van der Waals surface area contributed by atoms with Crippen LogP contribution in [0.15, 0.2) is 47.7 Å². The van der Waals surface area contributed by atoms with E-state index < -0.39 is 0 Å². The average Bonchev–Trinajstić information content (AvgIpc) is 3.16. The molecule has 0 aliphatic carbocycles. The van der Waals surface area contributed by atoms with Gasteiger partial charge in [-0.25, -0.2) is 9.67 Å². The Bertz CT molecular complexity index is 695. The number of nitrogens with one attached hydrogen (secondary N) is 1. The van der Waals surface area contributed by atoms with E-state index >= 15 is 0 Å². The molecule has 0 bridgehead atoms. The molecule has 27 heavy (non-hydrogen) atoms. The SMILES string of the molecule is CCNC(=NCc1cnn(-c2ccccc2)c1)N1CCC(OCC)CC1.I. The molecule has 1 N–H and O–H groups in total. The molecule has 0 unspecified atom stereocenters. The Hall–Kier alpha value is -1.61. The lowest BCUT2D eigenvalue weighted by atomic mass is 10.1. The lowest BCUT2D eigenvalue weighted by molar-refractivity contribution is 0.0263. The first kappa shape index (κ1) is 21.7. The average molecular weight is 483 g/mol. The molecular formula is C20H30IN5O. The van der Waals surface area contributed by atoms with Crippen molar-refractivity contribution in [3.05, 3.63) is 48.3 Å². The van der Waals surface area contributed by atoms with Gasteiger partial charge < -0.3 is 15.0 Å². The van der Waals surface area contributed by atoms with Crippen LogP contribution < -0.4 is 5.32 Å². The Morgan fingerprint density at radius 3 is 2.63 bits per heavy atom. The minimum Gasteiger partial charge on any atom is -0.378 e. The van der Waals surface area contributed by atoms with Crippen LogP contribution in [-0.4, -0.2) is 53.0 Å². The summed E-state index contributed by atoms with van der Waals surface area (Å²) >= 11 is 0. The fraction of sp³-hybridized carbons (Fsp3) is 0.500. The largest absolute Gasteiger partial charge is 0.378 e. The van der Waals surface area contributed by atoms with Gasteiger partial charge in [-0.1, -0.05) is 18.2 Å². The fourth-order valence-corrected chi connectivity index (χ4v) is 3.23. The number of guanidine groups is 1. The third kappa shape index (κ3) is 6.21. The van der Waals surface area contributed by atoms with Crippen LogP contribution in [0.25, 0.3) is 5.69 Å². The summed E-state index contributed by atoms with van der Waals surface area (Å²) in [6.07, 6.45) is 6.45. The number of likely N-dealkylation sites (tertiary alicyclic amines) is 1. The molecule has 7 heteroatoms. The summed E-state index contributed by atoms with van der Waals surface area (Å²) in [6.45, 7) is 8.43. The van der Waals surface area contributed by atoms with Crippen molar-refractivity contribution in [3.8, 4) is 5.69 Å². The molecule has 2 heterocycles. The Morgan fingerprint density at radius 2 is 1.96 bits per heavy atom. The van der Waals surface area contributed by atoms with E-state index in [0.717, 1.165) is 56.3 Å². The van der Waals surface area contributed by atoms with Gasteiger partial charge in [0.2, 0.25) is 0 Å². The van der Waals surface area contributed by atoms with Gasteiger partial charge in [0.1, 0.15) is 0 Å². The Morgan fingerprint density at radius 1 is 1.22 bits per heavy atom. The molecule has 0 atom stereocenters. The maximum absolute atomic E-state index is 5.75. The molecule has 0 saturated carbocycles. The molecule has 1 aromatic heterocycles. The second-order valence-electron chi connectivity index (χ2n) is 6.44. The van der Waals surface area contributed by atoms with E-state index in [4.69, 9.17) is 9.73 Å². The number of benzene rings is 1. The van der Waals surface area contributed by atoms with E-state index in [1.54, 1.807) is 0 Å². The van der Waals surface area contributed by atoms with Gasteiger partial charge in [-0.05, 0) is 38.8 Å². The first-order valence-corrected chi connectivity index (χ1v) is 9.54. The lowest BCUT2D eigenvalue weighted by Crippen LogP contribution is -2.47. The zero-order valence-electron chi connectivity index (χ0n) is 16.2. The van der Waals surface area contributed by atoms with E-state index in [-0.39, 0.29) is 24.0 Å². The number of hydrogen-bond acceptors (Lipinski definition) is 3. The second kappa shape index (κ2) is 11.3. The number of ether oxygens (including phenoxy) is 1. The molecule has 3 rings (SSSR count). The summed E-state index contributed by atoms with van der Waals surface area (Å²) < 4.78 is 7.64. The third-order valence-electron chi connectivity index (χ3n) is 4.55. The van der Waals surface area contributed by atoms with E-state index in [2.05, 4.69) is 29.2 Å². The van der Waals surface area contributed by atoms with Gasteiger partial charge in [0, 0.05) is 38.0 Å². The first-order valence-electron chi connectivity index (χ1n) is 9.54. The van der Waals surface area contributed by atoms with Gasteiger partial charge in [-0.3, -0.25) is 0 Å². The molecule has 0 radical (unpaired) electrons. The minimum atomic E-state index is 0. The number of piperidine rings is 1. The molecule has 148 valence electrons. The van der Waals surface area contributed by atoms with Crippen LogP contribution in [0.3, 0.4) is 0 Å². The number of halogens is 1. The minimum absolute atomic E-state index is 0. The quantitative estimate of drug-likeness (QED) is 0.389. The van der Waals surface area contributed by atoms with Crippen molar-refractivity contribution >= 4 is 29.9 Å². The lowest BCUT2D eigenvalue weighted by Gasteiger charge is -2.34. The summed E-state index contributed by atoms with van der Waals surface area (Å²) in [6, 6.07) is 10.1. The molecule has 0 spiro atoms. The number of nitrogens with zero attached hydrogens (tertiary/aromatic N) is 4. The number of rotatable bonds is 6. The predicted molar refractivity (Wildman–Crippen MR) is 120 cm³/mol. The molecule has 1 fully saturated rings. The van der Waals surface area contributed by atoms with E-state index in [0.29, 0.717) is 12.6 Å². The van der Waals surface area contributed by atoms with Crippen molar-refractivity contribution in [2.45, 2.75) is 39.3 Å². The number of hydrogen-bond donors (Lipinski definition) is 1. The molecule has 1 aliphatic rings. The van der Waals surface area contributed by atoms with Gasteiger partial charge in [0.25, 0.3) is 0 Å². The highest BCUT2D eigenvalue weighted by Gasteiger charge is 2.21. The summed E-state index contributed by atoms with van der Waals surface area (Å²) in [5.74, 6) is 0.981. The van der Waals surface area contributed by atoms with Crippen molar-refractivity contribution in [2.75, 3.05) is 26.2 Å². The number of para-hydroxylation sites is 1. The van der Waals surface area contributed by atoms with Crippen molar-refractivity contribution in [1.29, 1.82) is 0 Å². The van der Waals surface area contributed by atoms with Gasteiger partial charge in [0.15, 0.2) is 5.96 Å². The smallest absolute Gasteiger partial charge is 0.194 e. The van der Waals surface area contributed by atoms with Gasteiger partial charge in [-0.2, -0.15) is 5.10 Å². The maximum atomic E-state index is 5.75. The monoisotopic (exact) mass is 483 g/mol. The molecule has 1 aliphatic heterocycles. The molecule has 1 aromatic carbocycles. The van der Waals surface area contributed by atoms with Crippen LogP contribution in [0, 0.1) is 0 Å². The van der Waals surface area contributed by atoms with Gasteiger partial charge in [0.05, 0.1) is 24.5 Å². The zero-order chi connectivity index (χ0) is 18.2. The van der Waals surface area contributed by atoms with Crippen LogP contribution in [-0.2, 0) is 11.3 Å². The Balaban J connectivity index is 0.00000261. The first-order chi connectivity index (χ1) is 12.8.